The van der Waals surface area contributed by atoms with E-state index >= 15 is 0 Å². The van der Waals surface area contributed by atoms with Crippen LogP contribution in [-0.2, 0) is 21.2 Å². The van der Waals surface area contributed by atoms with Gasteiger partial charge < -0.3 is 4.90 Å². The molecule has 1 aliphatic rings. The van der Waals surface area contributed by atoms with Gasteiger partial charge in [-0.3, -0.25) is 4.79 Å². The molecule has 5 nitrogen and oxygen atoms in total. The SMILES string of the molecule is CC(=O)N1C[C@H](C)Sc2ccc(S(=O)(=O)NCCc3ccc(Cl)cc3)cc21. The van der Waals surface area contributed by atoms with Crippen LogP contribution in [0.3, 0.4) is 0 Å². The molecule has 2 aromatic carbocycles. The second-order valence-corrected chi connectivity index (χ2v) is 10.1. The highest BCUT2D eigenvalue weighted by Crippen LogP contribution is 2.39. The zero-order valence-corrected chi connectivity index (χ0v) is 17.5. The monoisotopic (exact) mass is 424 g/mol. The average molecular weight is 425 g/mol. The Labute approximate surface area is 169 Å². The van der Waals surface area contributed by atoms with Gasteiger partial charge in [0.2, 0.25) is 15.9 Å². The lowest BCUT2D eigenvalue weighted by molar-refractivity contribution is -0.116. The van der Waals surface area contributed by atoms with Crippen LogP contribution in [-0.4, -0.2) is 32.7 Å². The topological polar surface area (TPSA) is 66.5 Å². The molecule has 8 heteroatoms. The first-order valence-electron chi connectivity index (χ1n) is 8.59. The number of carbonyl (C=O) groups is 1. The summed E-state index contributed by atoms with van der Waals surface area (Å²) >= 11 is 7.51. The fraction of sp³-hybridized carbons (Fsp3) is 0.316. The minimum atomic E-state index is -3.66. The third-order valence-corrected chi connectivity index (χ3v) is 7.16. The van der Waals surface area contributed by atoms with Gasteiger partial charge in [0.05, 0.1) is 10.6 Å². The lowest BCUT2D eigenvalue weighted by Crippen LogP contribution is -2.37. The summed E-state index contributed by atoms with van der Waals surface area (Å²) in [5.41, 5.74) is 1.66. The van der Waals surface area contributed by atoms with E-state index in [1.807, 2.05) is 19.1 Å². The second-order valence-electron chi connectivity index (χ2n) is 6.46. The molecular formula is C19H21ClN2O3S2. The van der Waals surface area contributed by atoms with Crippen LogP contribution in [0.5, 0.6) is 0 Å². The third-order valence-electron chi connectivity index (χ3n) is 4.30. The number of hydrogen-bond donors (Lipinski definition) is 1. The second kappa shape index (κ2) is 8.22. The Kier molecular flexibility index (Phi) is 6.15. The van der Waals surface area contributed by atoms with Crippen LogP contribution >= 0.6 is 23.4 Å². The van der Waals surface area contributed by atoms with Crippen LogP contribution in [0.2, 0.25) is 5.02 Å². The quantitative estimate of drug-likeness (QED) is 0.794. The highest BCUT2D eigenvalue weighted by molar-refractivity contribution is 8.00. The van der Waals surface area contributed by atoms with Crippen molar-refractivity contribution in [3.63, 3.8) is 0 Å². The number of fused-ring (bicyclic) bond motifs is 1. The van der Waals surface area contributed by atoms with E-state index in [0.717, 1.165) is 10.5 Å². The molecule has 0 aliphatic carbocycles. The predicted octanol–water partition coefficient (Wildman–Crippen LogP) is 3.71. The van der Waals surface area contributed by atoms with Crippen LogP contribution in [0.15, 0.2) is 52.3 Å². The van der Waals surface area contributed by atoms with E-state index in [1.54, 1.807) is 47.0 Å². The van der Waals surface area contributed by atoms with Crippen LogP contribution in [0, 0.1) is 0 Å². The summed E-state index contributed by atoms with van der Waals surface area (Å²) in [6.45, 7) is 4.40. The standard InChI is InChI=1S/C19H21ClN2O3S2/c1-13-12-22(14(2)23)18-11-17(7-8-19(18)26-13)27(24,25)21-10-9-15-3-5-16(20)6-4-15/h3-8,11,13,21H,9-10,12H2,1-2H3/t13-/m0/s1. The van der Waals surface area contributed by atoms with Gasteiger partial charge in [0.1, 0.15) is 0 Å². The number of nitrogens with zero attached hydrogens (tertiary/aromatic N) is 1. The molecule has 3 rings (SSSR count). The van der Waals surface area contributed by atoms with Crippen LogP contribution in [0.4, 0.5) is 5.69 Å². The number of anilines is 1. The Morgan fingerprint density at radius 2 is 1.96 bits per heavy atom. The van der Waals surface area contributed by atoms with Crippen molar-refractivity contribution in [1.82, 2.24) is 4.72 Å². The molecule has 1 aliphatic heterocycles. The first kappa shape index (κ1) is 20.2. The Morgan fingerprint density at radius 1 is 1.26 bits per heavy atom. The minimum absolute atomic E-state index is 0.0892. The number of hydrogen-bond acceptors (Lipinski definition) is 4. The zero-order valence-electron chi connectivity index (χ0n) is 15.1. The van der Waals surface area contributed by atoms with Gasteiger partial charge in [0.15, 0.2) is 0 Å². The van der Waals surface area contributed by atoms with Crippen molar-refractivity contribution in [2.45, 2.75) is 35.3 Å². The highest BCUT2D eigenvalue weighted by atomic mass is 35.5. The Hall–Kier alpha value is -1.54. The summed E-state index contributed by atoms with van der Waals surface area (Å²) in [7, 11) is -3.66. The molecule has 27 heavy (non-hydrogen) atoms. The Bertz CT molecular complexity index is 946. The van der Waals surface area contributed by atoms with Crippen molar-refractivity contribution in [3.8, 4) is 0 Å². The van der Waals surface area contributed by atoms with Gasteiger partial charge in [-0.05, 0) is 42.3 Å². The molecule has 0 unspecified atom stereocenters. The van der Waals surface area contributed by atoms with Crippen molar-refractivity contribution >= 4 is 45.0 Å². The molecule has 144 valence electrons. The molecule has 1 N–H and O–H groups in total. The molecule has 0 radical (unpaired) electrons. The zero-order chi connectivity index (χ0) is 19.6. The third kappa shape index (κ3) is 4.85. The number of nitrogens with one attached hydrogen (secondary N) is 1. The maximum atomic E-state index is 12.7. The van der Waals surface area contributed by atoms with Gasteiger partial charge in [0.25, 0.3) is 0 Å². The van der Waals surface area contributed by atoms with Crippen molar-refractivity contribution < 1.29 is 13.2 Å². The lowest BCUT2D eigenvalue weighted by atomic mass is 10.2. The predicted molar refractivity (Wildman–Crippen MR) is 110 cm³/mol. The molecule has 0 bridgehead atoms. The fourth-order valence-corrected chi connectivity index (χ4v) is 5.22. The molecule has 0 fully saturated rings. The van der Waals surface area contributed by atoms with E-state index in [9.17, 15) is 13.2 Å². The molecule has 0 saturated heterocycles. The molecule has 0 aromatic heterocycles. The first-order chi connectivity index (χ1) is 12.8. The van der Waals surface area contributed by atoms with Gasteiger partial charge in [0, 0.05) is 35.2 Å². The average Bonchev–Trinajstić information content (AvgIpc) is 2.62. The van der Waals surface area contributed by atoms with Crippen LogP contribution < -0.4 is 9.62 Å². The van der Waals surface area contributed by atoms with Crippen LogP contribution in [0.1, 0.15) is 19.4 Å². The summed E-state index contributed by atoms with van der Waals surface area (Å²) in [6, 6.07) is 12.3. The molecule has 1 heterocycles. The van der Waals surface area contributed by atoms with E-state index < -0.39 is 10.0 Å². The van der Waals surface area contributed by atoms with Crippen molar-refractivity contribution in [3.05, 3.63) is 53.1 Å². The summed E-state index contributed by atoms with van der Waals surface area (Å²) in [5, 5.41) is 0.914. The Morgan fingerprint density at radius 3 is 2.63 bits per heavy atom. The van der Waals surface area contributed by atoms with Gasteiger partial charge in [-0.25, -0.2) is 13.1 Å². The van der Waals surface area contributed by atoms with Crippen molar-refractivity contribution in [2.75, 3.05) is 18.0 Å². The molecule has 1 atom stereocenters. The van der Waals surface area contributed by atoms with Gasteiger partial charge in [-0.2, -0.15) is 0 Å². The number of carbonyl (C=O) groups excluding carboxylic acids is 1. The molecule has 0 spiro atoms. The maximum absolute atomic E-state index is 12.7. The number of halogens is 1. The number of rotatable bonds is 5. The van der Waals surface area contributed by atoms with E-state index in [1.165, 1.54) is 6.92 Å². The van der Waals surface area contributed by atoms with Gasteiger partial charge >= 0.3 is 0 Å². The highest BCUT2D eigenvalue weighted by Gasteiger charge is 2.27. The molecule has 1 amide bonds. The lowest BCUT2D eigenvalue weighted by Gasteiger charge is -2.32. The summed E-state index contributed by atoms with van der Waals surface area (Å²) in [6.07, 6.45) is 0.564. The fourth-order valence-electron chi connectivity index (χ4n) is 2.95. The van der Waals surface area contributed by atoms with Gasteiger partial charge in [-0.1, -0.05) is 30.7 Å². The molecule has 2 aromatic rings. The molecule has 0 saturated carbocycles. The normalized spacial score (nSPS) is 16.9. The number of thioether (sulfide) groups is 1. The maximum Gasteiger partial charge on any atom is 0.240 e. The van der Waals surface area contributed by atoms with E-state index in [2.05, 4.69) is 4.72 Å². The largest absolute Gasteiger partial charge is 0.310 e. The van der Waals surface area contributed by atoms with E-state index in [4.69, 9.17) is 11.6 Å². The number of sulfonamides is 1. The smallest absolute Gasteiger partial charge is 0.240 e. The van der Waals surface area contributed by atoms with Crippen LogP contribution in [0.25, 0.3) is 0 Å². The summed E-state index contributed by atoms with van der Waals surface area (Å²) < 4.78 is 27.9. The summed E-state index contributed by atoms with van der Waals surface area (Å²) in [4.78, 5) is 14.7. The number of benzene rings is 2. The molecular weight excluding hydrogens is 404 g/mol. The van der Waals surface area contributed by atoms with Crippen molar-refractivity contribution in [1.29, 1.82) is 0 Å². The Balaban J connectivity index is 1.75. The minimum Gasteiger partial charge on any atom is -0.310 e. The van der Waals surface area contributed by atoms with Crippen molar-refractivity contribution in [2.24, 2.45) is 0 Å². The number of amides is 1. The van der Waals surface area contributed by atoms with Gasteiger partial charge in [-0.15, -0.1) is 11.8 Å². The van der Waals surface area contributed by atoms with E-state index in [0.29, 0.717) is 23.7 Å². The van der Waals surface area contributed by atoms with E-state index in [-0.39, 0.29) is 22.6 Å². The first-order valence-corrected chi connectivity index (χ1v) is 11.3. The summed E-state index contributed by atoms with van der Waals surface area (Å²) in [5.74, 6) is -0.0892.